The third-order valence-electron chi connectivity index (χ3n) is 6.17. The van der Waals surface area contributed by atoms with Gasteiger partial charge in [0.05, 0.1) is 7.85 Å². The van der Waals surface area contributed by atoms with E-state index in [4.69, 9.17) is 7.85 Å². The molecule has 0 spiro atoms. The predicted octanol–water partition coefficient (Wildman–Crippen LogP) is 5.31. The lowest BCUT2D eigenvalue weighted by atomic mass is 9.56. The molecule has 140 valence electrons. The van der Waals surface area contributed by atoms with Crippen LogP contribution in [0.3, 0.4) is 0 Å². The summed E-state index contributed by atoms with van der Waals surface area (Å²) in [6.07, 6.45) is 16.8. The standard InChI is InChI=1S/C21H33BN4/c1-3-4-5-9-12-17(2)18-13-16-26-20(23-24-25-26)19(18)21(22)14-10-7-6-8-11-15-21/h13,16-17H,3-12,14-15H2,1-2H3. The minimum absolute atomic E-state index is 0.301. The number of nitrogens with zero attached hydrogens (tertiary/aromatic N) is 4. The highest BCUT2D eigenvalue weighted by Gasteiger charge is 2.33. The Morgan fingerprint density at radius 3 is 2.58 bits per heavy atom. The third kappa shape index (κ3) is 4.29. The average Bonchev–Trinajstić information content (AvgIpc) is 3.09. The van der Waals surface area contributed by atoms with Gasteiger partial charge in [-0.1, -0.05) is 84.5 Å². The Bertz CT molecular complexity index is 688. The molecule has 0 N–H and O–H groups in total. The van der Waals surface area contributed by atoms with Crippen LogP contribution in [0.15, 0.2) is 12.3 Å². The number of pyridine rings is 1. The second kappa shape index (κ2) is 9.01. The van der Waals surface area contributed by atoms with Crippen molar-refractivity contribution in [2.75, 3.05) is 0 Å². The van der Waals surface area contributed by atoms with Gasteiger partial charge in [-0.25, -0.2) is 4.52 Å². The van der Waals surface area contributed by atoms with Crippen LogP contribution in [-0.4, -0.2) is 27.9 Å². The Hall–Kier alpha value is -1.39. The van der Waals surface area contributed by atoms with Crippen LogP contribution in [0.5, 0.6) is 0 Å². The minimum Gasteiger partial charge on any atom is -0.200 e. The molecule has 4 nitrogen and oxygen atoms in total. The van der Waals surface area contributed by atoms with E-state index in [1.54, 1.807) is 4.52 Å². The van der Waals surface area contributed by atoms with E-state index in [-0.39, 0.29) is 5.31 Å². The molecular formula is C21H33BN4. The van der Waals surface area contributed by atoms with Gasteiger partial charge in [0, 0.05) is 6.20 Å². The Labute approximate surface area is 159 Å². The van der Waals surface area contributed by atoms with Gasteiger partial charge in [-0.3, -0.25) is 0 Å². The van der Waals surface area contributed by atoms with Crippen molar-refractivity contribution >= 4 is 13.5 Å². The van der Waals surface area contributed by atoms with Gasteiger partial charge in [0.1, 0.15) is 0 Å². The molecule has 2 radical (unpaired) electrons. The van der Waals surface area contributed by atoms with Crippen molar-refractivity contribution in [3.63, 3.8) is 0 Å². The van der Waals surface area contributed by atoms with Gasteiger partial charge in [0.25, 0.3) is 0 Å². The molecule has 1 fully saturated rings. The molecule has 1 aliphatic carbocycles. The highest BCUT2D eigenvalue weighted by Crippen LogP contribution is 2.41. The van der Waals surface area contributed by atoms with Crippen molar-refractivity contribution < 1.29 is 0 Å². The SMILES string of the molecule is [B]C1(c2c(C(C)CCCCCC)ccn3nnnc23)CCCCCCC1. The highest BCUT2D eigenvalue weighted by atomic mass is 15.5. The summed E-state index contributed by atoms with van der Waals surface area (Å²) in [5.41, 5.74) is 3.45. The second-order valence-electron chi connectivity index (χ2n) is 8.27. The van der Waals surface area contributed by atoms with E-state index in [1.807, 2.05) is 6.20 Å². The molecule has 5 heteroatoms. The van der Waals surface area contributed by atoms with Crippen molar-refractivity contribution in [1.82, 2.24) is 20.0 Å². The first-order valence-corrected chi connectivity index (χ1v) is 10.7. The van der Waals surface area contributed by atoms with Crippen LogP contribution in [0.1, 0.15) is 108 Å². The number of aromatic nitrogens is 4. The molecule has 0 bridgehead atoms. The molecule has 0 saturated heterocycles. The van der Waals surface area contributed by atoms with Crippen molar-refractivity contribution in [3.8, 4) is 0 Å². The van der Waals surface area contributed by atoms with Crippen LogP contribution in [0.4, 0.5) is 0 Å². The summed E-state index contributed by atoms with van der Waals surface area (Å²) in [5.74, 6) is 0.495. The fourth-order valence-corrected chi connectivity index (χ4v) is 4.56. The van der Waals surface area contributed by atoms with Crippen molar-refractivity contribution in [2.45, 2.75) is 102 Å². The van der Waals surface area contributed by atoms with Crippen LogP contribution in [0, 0.1) is 0 Å². The molecule has 2 heterocycles. The summed E-state index contributed by atoms with van der Waals surface area (Å²) in [6, 6.07) is 2.22. The van der Waals surface area contributed by atoms with Gasteiger partial charge < -0.3 is 0 Å². The Balaban J connectivity index is 1.94. The number of hydrogen-bond donors (Lipinski definition) is 0. The van der Waals surface area contributed by atoms with E-state index in [1.165, 1.54) is 75.3 Å². The zero-order valence-corrected chi connectivity index (χ0v) is 16.6. The molecule has 0 amide bonds. The maximum absolute atomic E-state index is 7.08. The Morgan fingerprint density at radius 1 is 1.12 bits per heavy atom. The van der Waals surface area contributed by atoms with E-state index >= 15 is 0 Å². The topological polar surface area (TPSA) is 43.1 Å². The summed E-state index contributed by atoms with van der Waals surface area (Å²) < 4.78 is 1.80. The van der Waals surface area contributed by atoms with Crippen molar-refractivity contribution in [1.29, 1.82) is 0 Å². The van der Waals surface area contributed by atoms with Crippen LogP contribution < -0.4 is 0 Å². The maximum atomic E-state index is 7.08. The third-order valence-corrected chi connectivity index (χ3v) is 6.17. The molecule has 1 aliphatic rings. The summed E-state index contributed by atoms with van der Waals surface area (Å²) in [6.45, 7) is 4.61. The van der Waals surface area contributed by atoms with Gasteiger partial charge in [-0.2, -0.15) is 0 Å². The molecule has 1 saturated carbocycles. The molecule has 1 unspecified atom stereocenters. The zero-order chi connectivity index (χ0) is 18.4. The molecule has 2 aromatic heterocycles. The van der Waals surface area contributed by atoms with E-state index in [0.29, 0.717) is 5.92 Å². The first-order chi connectivity index (χ1) is 12.7. The highest BCUT2D eigenvalue weighted by molar-refractivity contribution is 6.16. The minimum atomic E-state index is -0.301. The molecular weight excluding hydrogens is 319 g/mol. The lowest BCUT2D eigenvalue weighted by molar-refractivity contribution is 0.412. The fourth-order valence-electron chi connectivity index (χ4n) is 4.56. The number of tetrazole rings is 1. The summed E-state index contributed by atoms with van der Waals surface area (Å²) in [4.78, 5) is 0. The van der Waals surface area contributed by atoms with Crippen LogP contribution in [0.2, 0.25) is 0 Å². The lowest BCUT2D eigenvalue weighted by Crippen LogP contribution is -2.30. The average molecular weight is 352 g/mol. The summed E-state index contributed by atoms with van der Waals surface area (Å²) in [5, 5.41) is 12.1. The van der Waals surface area contributed by atoms with E-state index in [9.17, 15) is 0 Å². The molecule has 0 aliphatic heterocycles. The number of fused-ring (bicyclic) bond motifs is 1. The molecule has 1 atom stereocenters. The maximum Gasteiger partial charge on any atom is 0.182 e. The monoisotopic (exact) mass is 352 g/mol. The first-order valence-electron chi connectivity index (χ1n) is 10.7. The van der Waals surface area contributed by atoms with Gasteiger partial charge in [0.15, 0.2) is 5.65 Å². The van der Waals surface area contributed by atoms with Gasteiger partial charge >= 0.3 is 0 Å². The zero-order valence-electron chi connectivity index (χ0n) is 16.6. The van der Waals surface area contributed by atoms with Crippen LogP contribution in [0.25, 0.3) is 5.65 Å². The normalized spacial score (nSPS) is 19.2. The largest absolute Gasteiger partial charge is 0.200 e. The lowest BCUT2D eigenvalue weighted by Gasteiger charge is -2.35. The smallest absolute Gasteiger partial charge is 0.182 e. The van der Waals surface area contributed by atoms with Crippen LogP contribution >= 0.6 is 0 Å². The quantitative estimate of drug-likeness (QED) is 0.501. The number of rotatable bonds is 7. The molecule has 2 aromatic rings. The Morgan fingerprint density at radius 2 is 1.85 bits per heavy atom. The number of hydrogen-bond acceptors (Lipinski definition) is 3. The summed E-state index contributed by atoms with van der Waals surface area (Å²) >= 11 is 0. The van der Waals surface area contributed by atoms with E-state index in [2.05, 4.69) is 35.4 Å². The molecule has 0 aromatic carbocycles. The number of unbranched alkanes of at least 4 members (excludes halogenated alkanes) is 3. The van der Waals surface area contributed by atoms with Crippen LogP contribution in [-0.2, 0) is 5.31 Å². The molecule has 3 rings (SSSR count). The fraction of sp³-hybridized carbons (Fsp3) is 0.762. The van der Waals surface area contributed by atoms with Gasteiger partial charge in [-0.15, -0.1) is 5.10 Å². The van der Waals surface area contributed by atoms with E-state index in [0.717, 1.165) is 18.5 Å². The molecule has 26 heavy (non-hydrogen) atoms. The predicted molar refractivity (Wildman–Crippen MR) is 108 cm³/mol. The Kier molecular flexibility index (Phi) is 6.71. The van der Waals surface area contributed by atoms with Gasteiger partial charge in [-0.05, 0) is 45.3 Å². The van der Waals surface area contributed by atoms with Gasteiger partial charge in [0.2, 0.25) is 0 Å². The first kappa shape index (κ1) is 19.4. The summed E-state index contributed by atoms with van der Waals surface area (Å²) in [7, 11) is 7.08. The van der Waals surface area contributed by atoms with Crippen molar-refractivity contribution in [3.05, 3.63) is 23.4 Å². The second-order valence-corrected chi connectivity index (χ2v) is 8.27. The van der Waals surface area contributed by atoms with E-state index < -0.39 is 0 Å². The van der Waals surface area contributed by atoms with Crippen molar-refractivity contribution in [2.24, 2.45) is 0 Å².